The lowest BCUT2D eigenvalue weighted by molar-refractivity contribution is -0.272. The van der Waals surface area contributed by atoms with Crippen molar-refractivity contribution in [2.45, 2.75) is 56.8 Å². The largest absolute Gasteiger partial charge is 0.507 e. The molecular weight excluding hydrogens is 459 g/mol. The third-order valence-corrected chi connectivity index (χ3v) is 6.62. The Kier molecular flexibility index (Phi) is 5.83. The number of aliphatic hydroxyl groups is 1. The van der Waals surface area contributed by atoms with Crippen molar-refractivity contribution in [3.8, 4) is 5.75 Å². The van der Waals surface area contributed by atoms with Gasteiger partial charge in [-0.3, -0.25) is 4.79 Å². The number of phenols is 1. The van der Waals surface area contributed by atoms with Crippen LogP contribution in [0.4, 0.5) is 27.6 Å². The van der Waals surface area contributed by atoms with Gasteiger partial charge in [0.05, 0.1) is 11.6 Å². The first-order valence-electron chi connectivity index (χ1n) is 10.8. The minimum absolute atomic E-state index is 0.0258. The number of pyridine rings is 1. The lowest BCUT2D eigenvalue weighted by Crippen LogP contribution is -2.55. The van der Waals surface area contributed by atoms with Gasteiger partial charge >= 0.3 is 6.18 Å². The molecule has 0 bridgehead atoms. The maximum atomic E-state index is 14.8. The average Bonchev–Trinajstić information content (AvgIpc) is 2.74. The van der Waals surface area contributed by atoms with E-state index in [0.29, 0.717) is 0 Å². The molecule has 5 nitrogen and oxygen atoms in total. The van der Waals surface area contributed by atoms with E-state index in [-0.39, 0.29) is 46.1 Å². The summed E-state index contributed by atoms with van der Waals surface area (Å²) in [7, 11) is 0. The van der Waals surface area contributed by atoms with Gasteiger partial charge in [-0.1, -0.05) is 13.8 Å². The minimum Gasteiger partial charge on any atom is -0.507 e. The molecule has 34 heavy (non-hydrogen) atoms. The molecule has 4 N–H and O–H groups in total. The molecule has 1 aliphatic carbocycles. The topological polar surface area (TPSA) is 85.3 Å². The van der Waals surface area contributed by atoms with Crippen LogP contribution in [0.1, 0.15) is 55.3 Å². The number of aromatic amines is 1. The van der Waals surface area contributed by atoms with E-state index < -0.39 is 53.1 Å². The van der Waals surface area contributed by atoms with Gasteiger partial charge in [-0.25, -0.2) is 8.78 Å². The molecule has 0 aliphatic heterocycles. The van der Waals surface area contributed by atoms with Crippen LogP contribution in [0.25, 0.3) is 10.9 Å². The zero-order valence-electron chi connectivity index (χ0n) is 18.4. The van der Waals surface area contributed by atoms with Gasteiger partial charge in [0, 0.05) is 28.3 Å². The fraction of sp³-hybridized carbons (Fsp3) is 0.375. The van der Waals surface area contributed by atoms with Crippen LogP contribution in [-0.4, -0.2) is 27.0 Å². The maximum Gasteiger partial charge on any atom is 0.419 e. The van der Waals surface area contributed by atoms with E-state index in [9.17, 15) is 37.0 Å². The number of anilines is 1. The van der Waals surface area contributed by atoms with Crippen LogP contribution in [0.3, 0.4) is 0 Å². The normalized spacial score (nSPS) is 22.6. The second-order valence-electron chi connectivity index (χ2n) is 8.59. The van der Waals surface area contributed by atoms with E-state index in [4.69, 9.17) is 0 Å². The molecule has 3 atom stereocenters. The third-order valence-electron chi connectivity index (χ3n) is 6.62. The first kappa shape index (κ1) is 24.0. The molecule has 1 unspecified atom stereocenters. The van der Waals surface area contributed by atoms with Crippen molar-refractivity contribution in [1.29, 1.82) is 0 Å². The number of hydrogen-bond donors (Lipinski definition) is 4. The summed E-state index contributed by atoms with van der Waals surface area (Å²) in [4.78, 5) is 14.0. The van der Waals surface area contributed by atoms with E-state index in [2.05, 4.69) is 10.3 Å². The predicted octanol–water partition coefficient (Wildman–Crippen LogP) is 5.42. The Balaban J connectivity index is 2.00. The highest BCUT2D eigenvalue weighted by atomic mass is 19.4. The van der Waals surface area contributed by atoms with Crippen LogP contribution >= 0.6 is 0 Å². The number of alkyl halides is 3. The van der Waals surface area contributed by atoms with Crippen molar-refractivity contribution >= 4 is 16.6 Å². The van der Waals surface area contributed by atoms with E-state index in [1.165, 1.54) is 6.07 Å². The van der Waals surface area contributed by atoms with Crippen LogP contribution in [0, 0.1) is 11.6 Å². The Morgan fingerprint density at radius 1 is 1.18 bits per heavy atom. The quantitative estimate of drug-likeness (QED) is 0.374. The van der Waals surface area contributed by atoms with Crippen LogP contribution in [0.5, 0.6) is 5.75 Å². The van der Waals surface area contributed by atoms with Crippen molar-refractivity contribution in [2.75, 3.05) is 5.32 Å². The number of rotatable bonds is 4. The lowest BCUT2D eigenvalue weighted by atomic mass is 9.68. The van der Waals surface area contributed by atoms with Gasteiger partial charge in [-0.2, -0.15) is 13.2 Å². The fourth-order valence-corrected chi connectivity index (χ4v) is 4.91. The summed E-state index contributed by atoms with van der Waals surface area (Å²) in [5, 5.41) is 24.6. The predicted molar refractivity (Wildman–Crippen MR) is 117 cm³/mol. The number of aromatic nitrogens is 1. The Labute approximate surface area is 191 Å². The number of hydrogen-bond acceptors (Lipinski definition) is 4. The van der Waals surface area contributed by atoms with Crippen LogP contribution < -0.4 is 10.9 Å². The van der Waals surface area contributed by atoms with Gasteiger partial charge in [0.2, 0.25) is 5.56 Å². The summed E-state index contributed by atoms with van der Waals surface area (Å²) < 4.78 is 72.1. The van der Waals surface area contributed by atoms with Crippen LogP contribution in [0.2, 0.25) is 0 Å². The number of halogens is 5. The van der Waals surface area contributed by atoms with Gasteiger partial charge in [0.1, 0.15) is 17.4 Å². The molecule has 3 aromatic rings. The fourth-order valence-electron chi connectivity index (χ4n) is 4.91. The number of aromatic hydroxyl groups is 1. The molecule has 0 saturated heterocycles. The monoisotopic (exact) mass is 482 g/mol. The summed E-state index contributed by atoms with van der Waals surface area (Å²) in [5.74, 6) is -3.08. The molecule has 1 aliphatic rings. The first-order valence-corrected chi connectivity index (χ1v) is 10.8. The number of H-pyrrole nitrogens is 1. The maximum absolute atomic E-state index is 14.8. The molecule has 1 aromatic heterocycles. The summed E-state index contributed by atoms with van der Waals surface area (Å²) in [6.45, 7) is 3.22. The molecule has 0 saturated carbocycles. The summed E-state index contributed by atoms with van der Waals surface area (Å²) in [5.41, 5.74) is -4.16. The van der Waals surface area contributed by atoms with Crippen molar-refractivity contribution < 1.29 is 32.2 Å². The van der Waals surface area contributed by atoms with Crippen molar-refractivity contribution in [1.82, 2.24) is 4.98 Å². The van der Waals surface area contributed by atoms with Crippen LogP contribution in [0.15, 0.2) is 35.1 Å². The highest BCUT2D eigenvalue weighted by molar-refractivity contribution is 5.91. The standard InChI is InChI=1S/C24H23F5N2O3/c1-3-11-10-23(34,24(27,28)29)22(15-9-16(26)13(4-2)21(33)20(11)15)31-18-8-12(25)7-17-14(18)5-6-19(32)30-17/h5-9,11,22,31,33-34H,3-4,10H2,1-2H3,(H,30,32)/t11-,22?,23-/m1/s1. The van der Waals surface area contributed by atoms with E-state index in [1.54, 1.807) is 13.8 Å². The summed E-state index contributed by atoms with van der Waals surface area (Å²) in [6.07, 6.45) is -5.65. The number of phenolic OH excluding ortho intramolecular Hbond substituents is 1. The Bertz CT molecular complexity index is 1320. The first-order chi connectivity index (χ1) is 15.9. The SMILES string of the molecule is CCc1c(F)cc2c(c1O)[C@H](CC)C[C@](O)(C(F)(F)F)C2Nc1cc(F)cc2[nH]c(=O)ccc12. The molecule has 0 amide bonds. The highest BCUT2D eigenvalue weighted by Crippen LogP contribution is 2.56. The molecular formula is C24H23F5N2O3. The zero-order valence-corrected chi connectivity index (χ0v) is 18.4. The van der Waals surface area contributed by atoms with Gasteiger partial charge in [0.25, 0.3) is 0 Å². The molecule has 0 radical (unpaired) electrons. The van der Waals surface area contributed by atoms with Crippen molar-refractivity contribution in [3.63, 3.8) is 0 Å². The Morgan fingerprint density at radius 2 is 1.88 bits per heavy atom. The zero-order chi connectivity index (χ0) is 25.0. The van der Waals surface area contributed by atoms with E-state index in [0.717, 1.165) is 24.3 Å². The lowest BCUT2D eigenvalue weighted by Gasteiger charge is -2.46. The van der Waals surface area contributed by atoms with E-state index >= 15 is 0 Å². The smallest absolute Gasteiger partial charge is 0.419 e. The number of benzene rings is 2. The van der Waals surface area contributed by atoms with Gasteiger partial charge in [-0.05, 0) is 55.0 Å². The van der Waals surface area contributed by atoms with Gasteiger partial charge in [0.15, 0.2) is 5.60 Å². The second-order valence-corrected chi connectivity index (χ2v) is 8.59. The Hall–Kier alpha value is -3.14. The van der Waals surface area contributed by atoms with Crippen LogP contribution in [-0.2, 0) is 6.42 Å². The molecule has 182 valence electrons. The van der Waals surface area contributed by atoms with Crippen molar-refractivity contribution in [2.24, 2.45) is 0 Å². The molecule has 2 aromatic carbocycles. The molecule has 1 heterocycles. The highest BCUT2D eigenvalue weighted by Gasteiger charge is 2.62. The Morgan fingerprint density at radius 3 is 2.50 bits per heavy atom. The second kappa shape index (κ2) is 8.26. The van der Waals surface area contributed by atoms with Crippen molar-refractivity contribution in [3.05, 3.63) is 69.0 Å². The molecule has 10 heteroatoms. The van der Waals surface area contributed by atoms with Gasteiger partial charge < -0.3 is 20.5 Å². The minimum atomic E-state index is -5.14. The molecule has 0 spiro atoms. The number of nitrogens with one attached hydrogen (secondary N) is 2. The number of fused-ring (bicyclic) bond motifs is 2. The van der Waals surface area contributed by atoms with Gasteiger partial charge in [-0.15, -0.1) is 0 Å². The molecule has 0 fully saturated rings. The third kappa shape index (κ3) is 3.70. The van der Waals surface area contributed by atoms with E-state index in [1.807, 2.05) is 0 Å². The molecule has 4 rings (SSSR count). The average molecular weight is 482 g/mol. The summed E-state index contributed by atoms with van der Waals surface area (Å²) >= 11 is 0. The summed E-state index contributed by atoms with van der Waals surface area (Å²) in [6, 6.07) is 3.31.